The van der Waals surface area contributed by atoms with Gasteiger partial charge < -0.3 is 4.74 Å². The highest BCUT2D eigenvalue weighted by Crippen LogP contribution is 2.14. The Labute approximate surface area is 122 Å². The number of benzene rings is 1. The maximum Gasteiger partial charge on any atom is 0.338 e. The summed E-state index contributed by atoms with van der Waals surface area (Å²) in [5.41, 5.74) is 1.75. The van der Waals surface area contributed by atoms with Gasteiger partial charge in [-0.25, -0.2) is 4.79 Å². The maximum atomic E-state index is 11.8. The van der Waals surface area contributed by atoms with E-state index < -0.39 is 0 Å². The first kappa shape index (κ1) is 16.7. The van der Waals surface area contributed by atoms with Gasteiger partial charge in [0.2, 0.25) is 0 Å². The van der Waals surface area contributed by atoms with Crippen molar-refractivity contribution in [3.05, 3.63) is 35.4 Å². The van der Waals surface area contributed by atoms with Gasteiger partial charge >= 0.3 is 5.97 Å². The third-order valence-electron chi connectivity index (χ3n) is 3.47. The summed E-state index contributed by atoms with van der Waals surface area (Å²) in [7, 11) is 1.44. The molecule has 0 saturated heterocycles. The molecule has 0 amide bonds. The number of hydrogen-bond donors (Lipinski definition) is 0. The van der Waals surface area contributed by atoms with Crippen LogP contribution in [0, 0.1) is 0 Å². The van der Waals surface area contributed by atoms with Gasteiger partial charge in [0.05, 0.1) is 12.7 Å². The molecule has 3 nitrogen and oxygen atoms in total. The van der Waals surface area contributed by atoms with Crippen LogP contribution >= 0.6 is 0 Å². The fourth-order valence-electron chi connectivity index (χ4n) is 2.24. The number of carbonyl (C=O) groups excluding carboxylic acids is 1. The molecule has 0 saturated carbocycles. The lowest BCUT2D eigenvalue weighted by Gasteiger charge is -2.23. The van der Waals surface area contributed by atoms with E-state index in [1.165, 1.54) is 32.8 Å². The van der Waals surface area contributed by atoms with Crippen molar-refractivity contribution in [2.24, 2.45) is 0 Å². The lowest BCUT2D eigenvalue weighted by Crippen LogP contribution is -2.26. The van der Waals surface area contributed by atoms with Crippen molar-refractivity contribution in [3.8, 4) is 0 Å². The summed E-state index contributed by atoms with van der Waals surface area (Å²) in [6.07, 6.45) is 4.79. The average Bonchev–Trinajstić information content (AvgIpc) is 2.49. The Bertz CT molecular complexity index is 396. The lowest BCUT2D eigenvalue weighted by molar-refractivity contribution is 0.0598. The van der Waals surface area contributed by atoms with Crippen LogP contribution in [0.1, 0.15) is 55.5 Å². The molecule has 0 N–H and O–H groups in total. The Hall–Kier alpha value is -1.35. The van der Waals surface area contributed by atoms with Gasteiger partial charge in [-0.1, -0.05) is 44.9 Å². The van der Waals surface area contributed by atoms with E-state index in [1.54, 1.807) is 0 Å². The second-order valence-electron chi connectivity index (χ2n) is 5.13. The molecule has 0 aromatic heterocycles. The van der Waals surface area contributed by atoms with Crippen molar-refractivity contribution in [2.75, 3.05) is 20.2 Å². The summed E-state index contributed by atoms with van der Waals surface area (Å²) in [6, 6.07) is 7.74. The first-order valence-corrected chi connectivity index (χ1v) is 7.61. The van der Waals surface area contributed by atoms with Crippen LogP contribution in [0.2, 0.25) is 0 Å². The zero-order valence-corrected chi connectivity index (χ0v) is 13.0. The van der Waals surface area contributed by atoms with Gasteiger partial charge in [0, 0.05) is 6.54 Å². The molecule has 1 rings (SSSR count). The van der Waals surface area contributed by atoms with E-state index in [1.807, 2.05) is 24.3 Å². The van der Waals surface area contributed by atoms with Crippen molar-refractivity contribution in [2.45, 2.75) is 46.1 Å². The molecule has 0 unspecified atom stereocenters. The van der Waals surface area contributed by atoms with Crippen LogP contribution in [0.5, 0.6) is 0 Å². The minimum Gasteiger partial charge on any atom is -0.465 e. The molecule has 0 bridgehead atoms. The van der Waals surface area contributed by atoms with E-state index in [-0.39, 0.29) is 5.97 Å². The summed E-state index contributed by atoms with van der Waals surface area (Å²) in [6.45, 7) is 7.42. The Morgan fingerprint density at radius 1 is 1.10 bits per heavy atom. The van der Waals surface area contributed by atoms with Gasteiger partial charge in [-0.3, -0.25) is 4.90 Å². The van der Waals surface area contributed by atoms with Gasteiger partial charge in [-0.15, -0.1) is 0 Å². The van der Waals surface area contributed by atoms with Crippen LogP contribution < -0.4 is 0 Å². The molecule has 0 spiro atoms. The second kappa shape index (κ2) is 9.54. The highest BCUT2D eigenvalue weighted by molar-refractivity contribution is 5.90. The molecule has 1 aromatic rings. The van der Waals surface area contributed by atoms with Crippen molar-refractivity contribution in [1.29, 1.82) is 0 Å². The van der Waals surface area contributed by atoms with Crippen LogP contribution in [0.4, 0.5) is 0 Å². The predicted molar refractivity (Wildman–Crippen MR) is 82.9 cm³/mol. The summed E-state index contributed by atoms with van der Waals surface area (Å²) >= 11 is 0. The predicted octanol–water partition coefficient (Wildman–Crippen LogP) is 3.88. The van der Waals surface area contributed by atoms with E-state index in [9.17, 15) is 4.79 Å². The van der Waals surface area contributed by atoms with Crippen LogP contribution in [-0.4, -0.2) is 31.1 Å². The standard InChI is InChI=1S/C17H27NO2/c1-4-6-12-18(13-7-5-2)14-15-10-8-9-11-16(15)17(19)20-3/h8-11H,4-7,12-14H2,1-3H3. The minimum absolute atomic E-state index is 0.244. The summed E-state index contributed by atoms with van der Waals surface area (Å²) in [4.78, 5) is 14.2. The molecule has 0 heterocycles. The van der Waals surface area contributed by atoms with E-state index in [0.717, 1.165) is 25.2 Å². The molecule has 20 heavy (non-hydrogen) atoms. The first-order chi connectivity index (χ1) is 9.72. The van der Waals surface area contributed by atoms with Gasteiger partial charge in [-0.2, -0.15) is 0 Å². The maximum absolute atomic E-state index is 11.8. The number of ether oxygens (including phenoxy) is 1. The fraction of sp³-hybridized carbons (Fsp3) is 0.588. The molecule has 0 aliphatic rings. The largest absolute Gasteiger partial charge is 0.465 e. The third-order valence-corrected chi connectivity index (χ3v) is 3.47. The topological polar surface area (TPSA) is 29.5 Å². The van der Waals surface area contributed by atoms with Gasteiger partial charge in [0.25, 0.3) is 0 Å². The normalized spacial score (nSPS) is 10.8. The molecular weight excluding hydrogens is 250 g/mol. The molecule has 3 heteroatoms. The highest BCUT2D eigenvalue weighted by Gasteiger charge is 2.13. The summed E-state index contributed by atoms with van der Waals surface area (Å²) in [5.74, 6) is -0.244. The Kier molecular flexibility index (Phi) is 7.97. The molecule has 0 aliphatic heterocycles. The van der Waals surface area contributed by atoms with E-state index >= 15 is 0 Å². The Balaban J connectivity index is 2.78. The van der Waals surface area contributed by atoms with Crippen LogP contribution in [-0.2, 0) is 11.3 Å². The van der Waals surface area contributed by atoms with Crippen LogP contribution in [0.15, 0.2) is 24.3 Å². The third kappa shape index (κ3) is 5.33. The smallest absolute Gasteiger partial charge is 0.338 e. The fourth-order valence-corrected chi connectivity index (χ4v) is 2.24. The van der Waals surface area contributed by atoms with Crippen LogP contribution in [0.25, 0.3) is 0 Å². The Morgan fingerprint density at radius 3 is 2.25 bits per heavy atom. The monoisotopic (exact) mass is 277 g/mol. The number of methoxy groups -OCH3 is 1. The SMILES string of the molecule is CCCCN(CCCC)Cc1ccccc1C(=O)OC. The number of rotatable bonds is 9. The number of carbonyl (C=O) groups is 1. The van der Waals surface area contributed by atoms with Crippen molar-refractivity contribution in [3.63, 3.8) is 0 Å². The molecule has 0 radical (unpaired) electrons. The molecule has 0 aliphatic carbocycles. The molecule has 0 atom stereocenters. The zero-order chi connectivity index (χ0) is 14.8. The highest BCUT2D eigenvalue weighted by atomic mass is 16.5. The lowest BCUT2D eigenvalue weighted by atomic mass is 10.1. The van der Waals surface area contributed by atoms with E-state index in [0.29, 0.717) is 5.56 Å². The van der Waals surface area contributed by atoms with Crippen molar-refractivity contribution < 1.29 is 9.53 Å². The summed E-state index contributed by atoms with van der Waals surface area (Å²) in [5, 5.41) is 0. The molecular formula is C17H27NO2. The minimum atomic E-state index is -0.244. The summed E-state index contributed by atoms with van der Waals surface area (Å²) < 4.78 is 4.86. The van der Waals surface area contributed by atoms with Gasteiger partial charge in [0.15, 0.2) is 0 Å². The number of nitrogens with zero attached hydrogens (tertiary/aromatic N) is 1. The number of unbranched alkanes of at least 4 members (excludes halogenated alkanes) is 2. The quantitative estimate of drug-likeness (QED) is 0.642. The second-order valence-corrected chi connectivity index (χ2v) is 5.13. The van der Waals surface area contributed by atoms with Gasteiger partial charge in [0.1, 0.15) is 0 Å². The number of hydrogen-bond acceptors (Lipinski definition) is 3. The van der Waals surface area contributed by atoms with Crippen LogP contribution in [0.3, 0.4) is 0 Å². The van der Waals surface area contributed by atoms with Crippen molar-refractivity contribution in [1.82, 2.24) is 4.90 Å². The average molecular weight is 277 g/mol. The molecule has 1 aromatic carbocycles. The first-order valence-electron chi connectivity index (χ1n) is 7.61. The van der Waals surface area contributed by atoms with Crippen molar-refractivity contribution >= 4 is 5.97 Å². The Morgan fingerprint density at radius 2 is 1.70 bits per heavy atom. The van der Waals surface area contributed by atoms with Gasteiger partial charge in [-0.05, 0) is 37.6 Å². The van der Waals surface area contributed by atoms with E-state index in [2.05, 4.69) is 18.7 Å². The number of esters is 1. The molecule has 0 fully saturated rings. The zero-order valence-electron chi connectivity index (χ0n) is 13.0. The molecule has 112 valence electrons. The van der Waals surface area contributed by atoms with E-state index in [4.69, 9.17) is 4.74 Å².